The zero-order valence-electron chi connectivity index (χ0n) is 18.1. The summed E-state index contributed by atoms with van der Waals surface area (Å²) >= 11 is 2.44. The van der Waals surface area contributed by atoms with Gasteiger partial charge in [0.2, 0.25) is 0 Å². The van der Waals surface area contributed by atoms with Crippen LogP contribution in [0.25, 0.3) is 10.2 Å². The number of hydrogen-bond acceptors (Lipinski definition) is 8. The van der Waals surface area contributed by atoms with E-state index in [2.05, 4.69) is 25.9 Å². The van der Waals surface area contributed by atoms with Gasteiger partial charge in [0.15, 0.2) is 10.3 Å². The largest absolute Gasteiger partial charge is 0.495 e. The van der Waals surface area contributed by atoms with Crippen molar-refractivity contribution in [2.75, 3.05) is 29.7 Å². The number of fused-ring (bicyclic) bond motifs is 1. The zero-order chi connectivity index (χ0) is 23.4. The number of rotatable bonds is 7. The molecular weight excluding hydrogens is 462 g/mol. The second-order valence-electron chi connectivity index (χ2n) is 6.75. The van der Waals surface area contributed by atoms with Crippen molar-refractivity contribution < 1.29 is 19.1 Å². The normalized spacial score (nSPS) is 10.6. The summed E-state index contributed by atoms with van der Waals surface area (Å²) < 4.78 is 11.7. The number of carbonyl (C=O) groups excluding carboxylic acids is 2. The van der Waals surface area contributed by atoms with Crippen LogP contribution in [0.3, 0.4) is 0 Å². The predicted molar refractivity (Wildman–Crippen MR) is 131 cm³/mol. The number of urea groups is 1. The van der Waals surface area contributed by atoms with Crippen molar-refractivity contribution in [3.8, 4) is 11.5 Å². The third kappa shape index (κ3) is 5.21. The Morgan fingerprint density at radius 3 is 2.58 bits per heavy atom. The first-order valence-corrected chi connectivity index (χ1v) is 11.6. The average molecular weight is 484 g/mol. The maximum Gasteiger partial charge on any atom is 0.325 e. The molecule has 3 amide bonds. The van der Waals surface area contributed by atoms with E-state index < -0.39 is 6.03 Å². The molecular formula is C22H21N5O4S2. The summed E-state index contributed by atoms with van der Waals surface area (Å²) in [5.41, 5.74) is 1.80. The molecule has 2 aromatic heterocycles. The van der Waals surface area contributed by atoms with Gasteiger partial charge in [-0.2, -0.15) is 0 Å². The monoisotopic (exact) mass is 483 g/mol. The molecule has 0 bridgehead atoms. The van der Waals surface area contributed by atoms with E-state index in [1.165, 1.54) is 18.4 Å². The average Bonchev–Trinajstić information content (AvgIpc) is 3.36. The second-order valence-corrected chi connectivity index (χ2v) is 8.78. The van der Waals surface area contributed by atoms with Gasteiger partial charge in [-0.05, 0) is 44.2 Å². The number of para-hydroxylation sites is 2. The zero-order valence-corrected chi connectivity index (χ0v) is 19.7. The summed E-state index contributed by atoms with van der Waals surface area (Å²) in [6, 6.07) is 12.2. The van der Waals surface area contributed by atoms with Crippen molar-refractivity contribution in [1.82, 2.24) is 9.97 Å². The van der Waals surface area contributed by atoms with Crippen LogP contribution in [-0.2, 0) is 0 Å². The number of methoxy groups -OCH3 is 1. The van der Waals surface area contributed by atoms with Crippen LogP contribution in [0.2, 0.25) is 0 Å². The SMILES string of the molecule is CCOc1ccc2nc(NC(=O)c3sc(NC(=O)Nc4ccccc4OC)nc3C)sc2c1. The number of nitrogens with zero attached hydrogens (tertiary/aromatic N) is 2. The van der Waals surface area contributed by atoms with Gasteiger partial charge in [-0.1, -0.05) is 34.8 Å². The Morgan fingerprint density at radius 1 is 1.00 bits per heavy atom. The highest BCUT2D eigenvalue weighted by molar-refractivity contribution is 7.22. The summed E-state index contributed by atoms with van der Waals surface area (Å²) in [6.45, 7) is 4.21. The number of amides is 3. The third-order valence-electron chi connectivity index (χ3n) is 4.47. The van der Waals surface area contributed by atoms with Crippen molar-refractivity contribution in [1.29, 1.82) is 0 Å². The van der Waals surface area contributed by atoms with E-state index in [9.17, 15) is 9.59 Å². The molecule has 3 N–H and O–H groups in total. The Kier molecular flexibility index (Phi) is 6.71. The maximum absolute atomic E-state index is 12.8. The lowest BCUT2D eigenvalue weighted by molar-refractivity contribution is 0.103. The van der Waals surface area contributed by atoms with Gasteiger partial charge >= 0.3 is 6.03 Å². The van der Waals surface area contributed by atoms with Gasteiger partial charge in [0.1, 0.15) is 16.4 Å². The smallest absolute Gasteiger partial charge is 0.325 e. The predicted octanol–water partition coefficient (Wildman–Crippen LogP) is 5.36. The summed E-state index contributed by atoms with van der Waals surface area (Å²) in [4.78, 5) is 34.3. The first kappa shape index (κ1) is 22.5. The lowest BCUT2D eigenvalue weighted by atomic mass is 10.3. The molecule has 0 spiro atoms. The number of nitrogens with one attached hydrogen (secondary N) is 3. The number of carbonyl (C=O) groups is 2. The Balaban J connectivity index is 1.43. The van der Waals surface area contributed by atoms with E-state index in [1.54, 1.807) is 31.2 Å². The molecule has 0 atom stereocenters. The van der Waals surface area contributed by atoms with Crippen LogP contribution >= 0.6 is 22.7 Å². The fourth-order valence-electron chi connectivity index (χ4n) is 3.03. The number of thiazole rings is 2. The summed E-state index contributed by atoms with van der Waals surface area (Å²) in [5.74, 6) is 0.950. The van der Waals surface area contributed by atoms with Crippen LogP contribution in [-0.4, -0.2) is 35.6 Å². The quantitative estimate of drug-likeness (QED) is 0.326. The molecule has 0 aliphatic heterocycles. The number of benzene rings is 2. The highest BCUT2D eigenvalue weighted by Gasteiger charge is 2.19. The van der Waals surface area contributed by atoms with E-state index in [-0.39, 0.29) is 5.91 Å². The Labute approximate surface area is 197 Å². The molecule has 0 fully saturated rings. The van der Waals surface area contributed by atoms with Crippen molar-refractivity contribution in [3.63, 3.8) is 0 Å². The topological polar surface area (TPSA) is 114 Å². The maximum atomic E-state index is 12.8. The lowest BCUT2D eigenvalue weighted by Gasteiger charge is -2.09. The molecule has 0 aliphatic rings. The molecule has 9 nitrogen and oxygen atoms in total. The van der Waals surface area contributed by atoms with Gasteiger partial charge in [0, 0.05) is 0 Å². The van der Waals surface area contributed by atoms with E-state index in [0.29, 0.717) is 38.9 Å². The number of hydrogen-bond donors (Lipinski definition) is 3. The molecule has 0 unspecified atom stereocenters. The number of aryl methyl sites for hydroxylation is 1. The Morgan fingerprint density at radius 2 is 1.79 bits per heavy atom. The number of ether oxygens (including phenoxy) is 2. The molecule has 0 radical (unpaired) electrons. The molecule has 0 saturated heterocycles. The summed E-state index contributed by atoms with van der Waals surface area (Å²) in [6.07, 6.45) is 0. The molecule has 2 aromatic carbocycles. The van der Waals surface area contributed by atoms with Crippen molar-refractivity contribution in [2.45, 2.75) is 13.8 Å². The van der Waals surface area contributed by atoms with Crippen LogP contribution in [0.4, 0.5) is 20.7 Å². The molecule has 11 heteroatoms. The highest BCUT2D eigenvalue weighted by atomic mass is 32.1. The van der Waals surface area contributed by atoms with Crippen molar-refractivity contribution in [3.05, 3.63) is 53.0 Å². The molecule has 4 rings (SSSR count). The van der Waals surface area contributed by atoms with E-state index in [1.807, 2.05) is 25.1 Å². The van der Waals surface area contributed by atoms with Gasteiger partial charge in [0.05, 0.1) is 35.3 Å². The molecule has 2 heterocycles. The second kappa shape index (κ2) is 9.84. The minimum atomic E-state index is -0.489. The fraction of sp³-hybridized carbons (Fsp3) is 0.182. The van der Waals surface area contributed by atoms with Crippen molar-refractivity contribution >= 4 is 60.8 Å². The first-order valence-electron chi connectivity index (χ1n) is 10.00. The summed E-state index contributed by atoms with van der Waals surface area (Å²) in [5, 5.41) is 8.95. The number of anilines is 3. The summed E-state index contributed by atoms with van der Waals surface area (Å²) in [7, 11) is 1.52. The van der Waals surface area contributed by atoms with Crippen LogP contribution in [0, 0.1) is 6.92 Å². The number of aromatic nitrogens is 2. The van der Waals surface area contributed by atoms with Crippen LogP contribution in [0.5, 0.6) is 11.5 Å². The highest BCUT2D eigenvalue weighted by Crippen LogP contribution is 2.31. The van der Waals surface area contributed by atoms with Gasteiger partial charge in [-0.15, -0.1) is 0 Å². The van der Waals surface area contributed by atoms with Gasteiger partial charge in [-0.3, -0.25) is 15.4 Å². The standard InChI is InChI=1S/C22H21N5O4S2/c1-4-31-13-9-10-15-17(11-13)32-22(25-15)26-19(28)18-12(2)23-21(33-18)27-20(29)24-14-7-5-6-8-16(14)30-3/h5-11H,4H2,1-3H3,(H,25,26,28)(H2,23,24,27,29). The lowest BCUT2D eigenvalue weighted by Crippen LogP contribution is -2.19. The Bertz CT molecular complexity index is 1320. The van der Waals surface area contributed by atoms with Crippen molar-refractivity contribution in [2.24, 2.45) is 0 Å². The molecule has 0 saturated carbocycles. The minimum absolute atomic E-state index is 0.302. The third-order valence-corrected chi connectivity index (χ3v) is 6.48. The van der Waals surface area contributed by atoms with E-state index in [4.69, 9.17) is 9.47 Å². The Hall–Kier alpha value is -3.70. The van der Waals surface area contributed by atoms with Crippen LogP contribution < -0.4 is 25.4 Å². The van der Waals surface area contributed by atoms with Gasteiger partial charge in [-0.25, -0.2) is 14.8 Å². The van der Waals surface area contributed by atoms with Crippen LogP contribution in [0.1, 0.15) is 22.3 Å². The van der Waals surface area contributed by atoms with E-state index in [0.717, 1.165) is 27.3 Å². The van der Waals surface area contributed by atoms with Crippen LogP contribution in [0.15, 0.2) is 42.5 Å². The fourth-order valence-corrected chi connectivity index (χ4v) is 4.77. The molecule has 0 aliphatic carbocycles. The van der Waals surface area contributed by atoms with Gasteiger partial charge < -0.3 is 14.8 Å². The molecule has 170 valence electrons. The van der Waals surface area contributed by atoms with Gasteiger partial charge in [0.25, 0.3) is 5.91 Å². The minimum Gasteiger partial charge on any atom is -0.495 e. The van der Waals surface area contributed by atoms with E-state index >= 15 is 0 Å². The first-order chi connectivity index (χ1) is 16.0. The molecule has 4 aromatic rings. The molecule has 33 heavy (non-hydrogen) atoms.